The van der Waals surface area contributed by atoms with Gasteiger partial charge in [0, 0.05) is 0 Å². The molecule has 0 aliphatic carbocycles. The summed E-state index contributed by atoms with van der Waals surface area (Å²) >= 11 is 0.591. The summed E-state index contributed by atoms with van der Waals surface area (Å²) in [6, 6.07) is 9.44. The number of carbonyl (C=O) groups is 1. The summed E-state index contributed by atoms with van der Waals surface area (Å²) in [6.45, 7) is 0.415. The number of carboxylic acid groups (broad SMARTS) is 1. The number of nitrogens with two attached hydrogens (primary N) is 1. The van der Waals surface area contributed by atoms with Gasteiger partial charge in [-0.05, 0) is 5.56 Å². The highest BCUT2D eigenvalue weighted by Gasteiger charge is 2.05. The molecule has 0 saturated carbocycles. The Kier molecular flexibility index (Phi) is 4.24. The molecule has 6 heteroatoms. The highest BCUT2D eigenvalue weighted by Crippen LogP contribution is 2.11. The number of hydrazine groups is 1. The third-order valence-electron chi connectivity index (χ3n) is 1.39. The van der Waals surface area contributed by atoms with E-state index in [0.29, 0.717) is 18.8 Å². The molecule has 0 radical (unpaired) electrons. The molecule has 0 saturated heterocycles. The molecule has 0 bridgehead atoms. The fourth-order valence-corrected chi connectivity index (χ4v) is 1.23. The molecule has 0 aliphatic rings. The van der Waals surface area contributed by atoms with Crippen LogP contribution in [0, 0.1) is 0 Å². The molecule has 1 aromatic rings. The summed E-state index contributed by atoms with van der Waals surface area (Å²) < 4.78 is 5.41. The van der Waals surface area contributed by atoms with Crippen molar-refractivity contribution in [1.82, 2.24) is 4.41 Å². The Morgan fingerprint density at radius 3 is 2.71 bits per heavy atom. The number of hydrogen-bond acceptors (Lipinski definition) is 5. The monoisotopic (exact) mass is 214 g/mol. The first-order valence-corrected chi connectivity index (χ1v) is 4.52. The Hall–Kier alpha value is -1.24. The predicted molar refractivity (Wildman–Crippen MR) is 52.9 cm³/mol. The van der Waals surface area contributed by atoms with Crippen molar-refractivity contribution in [2.45, 2.75) is 6.54 Å². The van der Waals surface area contributed by atoms with Gasteiger partial charge in [0.25, 0.3) is 0 Å². The third kappa shape index (κ3) is 4.13. The molecule has 1 aromatic carbocycles. The lowest BCUT2D eigenvalue weighted by Gasteiger charge is -2.11. The smallest absolute Gasteiger partial charge is 0.449 e. The summed E-state index contributed by atoms with van der Waals surface area (Å²) in [5.41, 5.74) is 0.983. The molecule has 1 rings (SSSR count). The molecular formula is C8H10N2O3S. The zero-order valence-corrected chi connectivity index (χ0v) is 8.11. The summed E-state index contributed by atoms with van der Waals surface area (Å²) in [4.78, 5) is 10.0. The largest absolute Gasteiger partial charge is 0.519 e. The van der Waals surface area contributed by atoms with Gasteiger partial charge in [0.2, 0.25) is 0 Å². The van der Waals surface area contributed by atoms with Crippen LogP contribution in [0.2, 0.25) is 0 Å². The lowest BCUT2D eigenvalue weighted by Crippen LogP contribution is -2.23. The highest BCUT2D eigenvalue weighted by molar-refractivity contribution is 7.92. The SMILES string of the molecule is NN(Cc1ccccc1)SOC(=O)O. The van der Waals surface area contributed by atoms with E-state index in [2.05, 4.69) is 4.18 Å². The van der Waals surface area contributed by atoms with Crippen molar-refractivity contribution in [3.63, 3.8) is 0 Å². The average molecular weight is 214 g/mol. The number of nitrogens with zero attached hydrogens (tertiary/aromatic N) is 1. The van der Waals surface area contributed by atoms with Crippen LogP contribution in [-0.2, 0) is 10.7 Å². The van der Waals surface area contributed by atoms with E-state index in [-0.39, 0.29) is 0 Å². The molecule has 3 N–H and O–H groups in total. The Bertz CT molecular complexity index is 294. The zero-order chi connectivity index (χ0) is 10.4. The van der Waals surface area contributed by atoms with Crippen LogP contribution in [0.1, 0.15) is 5.56 Å². The van der Waals surface area contributed by atoms with Gasteiger partial charge in [0.15, 0.2) is 12.2 Å². The molecule has 5 nitrogen and oxygen atoms in total. The standard InChI is InChI=1S/C8H10N2O3S/c9-10(14-13-8(11)12)6-7-4-2-1-3-5-7/h1-5H,6,9H2,(H,11,12). The highest BCUT2D eigenvalue weighted by atomic mass is 32.2. The summed E-state index contributed by atoms with van der Waals surface area (Å²) in [5, 5.41) is 8.20. The van der Waals surface area contributed by atoms with E-state index in [0.717, 1.165) is 5.56 Å². The van der Waals surface area contributed by atoms with Gasteiger partial charge in [-0.2, -0.15) is 4.41 Å². The fraction of sp³-hybridized carbons (Fsp3) is 0.125. The van der Waals surface area contributed by atoms with Gasteiger partial charge in [0.1, 0.15) is 0 Å². The lowest BCUT2D eigenvalue weighted by atomic mass is 10.2. The zero-order valence-electron chi connectivity index (χ0n) is 7.29. The van der Waals surface area contributed by atoms with Gasteiger partial charge < -0.3 is 9.29 Å². The van der Waals surface area contributed by atoms with Crippen LogP contribution in [0.15, 0.2) is 30.3 Å². The van der Waals surface area contributed by atoms with Gasteiger partial charge >= 0.3 is 6.16 Å². The van der Waals surface area contributed by atoms with Gasteiger partial charge in [0.05, 0.1) is 6.54 Å². The summed E-state index contributed by atoms with van der Waals surface area (Å²) in [6.07, 6.45) is -1.36. The molecule has 0 amide bonds. The Balaban J connectivity index is 2.34. The van der Waals surface area contributed by atoms with E-state index in [1.807, 2.05) is 30.3 Å². The number of rotatable bonds is 4. The first-order valence-electron chi connectivity index (χ1n) is 3.82. The van der Waals surface area contributed by atoms with E-state index < -0.39 is 6.16 Å². The van der Waals surface area contributed by atoms with Crippen molar-refractivity contribution in [1.29, 1.82) is 0 Å². The van der Waals surface area contributed by atoms with Crippen LogP contribution < -0.4 is 5.84 Å². The molecule has 0 fully saturated rings. The second kappa shape index (κ2) is 5.48. The van der Waals surface area contributed by atoms with E-state index in [1.54, 1.807) is 0 Å². The summed E-state index contributed by atoms with van der Waals surface area (Å²) in [5.74, 6) is 5.46. The van der Waals surface area contributed by atoms with Gasteiger partial charge in [-0.25, -0.2) is 4.79 Å². The van der Waals surface area contributed by atoms with Gasteiger partial charge in [-0.3, -0.25) is 5.84 Å². The predicted octanol–water partition coefficient (Wildman–Crippen LogP) is 1.62. The maximum Gasteiger partial charge on any atom is 0.519 e. The Morgan fingerprint density at radius 1 is 1.50 bits per heavy atom. The number of benzene rings is 1. The van der Waals surface area contributed by atoms with Crippen LogP contribution in [0.25, 0.3) is 0 Å². The van der Waals surface area contributed by atoms with Crippen LogP contribution in [0.4, 0.5) is 4.79 Å². The molecule has 14 heavy (non-hydrogen) atoms. The molecule has 76 valence electrons. The first kappa shape index (κ1) is 10.8. The minimum atomic E-state index is -1.36. The van der Waals surface area contributed by atoms with Gasteiger partial charge in [-0.1, -0.05) is 30.3 Å². The van der Waals surface area contributed by atoms with Crippen molar-refractivity contribution in [2.75, 3.05) is 0 Å². The van der Waals surface area contributed by atoms with E-state index in [4.69, 9.17) is 10.9 Å². The van der Waals surface area contributed by atoms with Crippen molar-refractivity contribution >= 4 is 18.4 Å². The molecule has 0 unspecified atom stereocenters. The second-order valence-corrected chi connectivity index (χ2v) is 3.27. The maximum absolute atomic E-state index is 10.0. The van der Waals surface area contributed by atoms with E-state index in [1.165, 1.54) is 4.41 Å². The minimum absolute atomic E-state index is 0.415. The molecule has 0 spiro atoms. The average Bonchev–Trinajstić information content (AvgIpc) is 2.16. The van der Waals surface area contributed by atoms with E-state index >= 15 is 0 Å². The minimum Gasteiger partial charge on any atom is -0.449 e. The molecule has 0 atom stereocenters. The second-order valence-electron chi connectivity index (χ2n) is 2.48. The van der Waals surface area contributed by atoms with Crippen molar-refractivity contribution in [3.8, 4) is 0 Å². The Morgan fingerprint density at radius 2 is 2.14 bits per heavy atom. The van der Waals surface area contributed by atoms with Crippen molar-refractivity contribution in [3.05, 3.63) is 35.9 Å². The molecular weight excluding hydrogens is 204 g/mol. The van der Waals surface area contributed by atoms with Crippen LogP contribution in [0.5, 0.6) is 0 Å². The normalized spacial score (nSPS) is 10.1. The number of hydrogen-bond donors (Lipinski definition) is 2. The van der Waals surface area contributed by atoms with Gasteiger partial charge in [-0.15, -0.1) is 0 Å². The fourth-order valence-electron chi connectivity index (χ4n) is 0.869. The maximum atomic E-state index is 10.0. The first-order chi connectivity index (χ1) is 6.68. The molecule has 0 heterocycles. The molecule has 0 aliphatic heterocycles. The van der Waals surface area contributed by atoms with Crippen LogP contribution in [0.3, 0.4) is 0 Å². The van der Waals surface area contributed by atoms with Crippen LogP contribution in [-0.4, -0.2) is 15.7 Å². The van der Waals surface area contributed by atoms with Crippen LogP contribution >= 0.6 is 12.2 Å². The van der Waals surface area contributed by atoms with E-state index in [9.17, 15) is 4.79 Å². The molecule has 0 aromatic heterocycles. The van der Waals surface area contributed by atoms with Crippen molar-refractivity contribution < 1.29 is 14.1 Å². The van der Waals surface area contributed by atoms with Crippen molar-refractivity contribution in [2.24, 2.45) is 5.84 Å². The lowest BCUT2D eigenvalue weighted by molar-refractivity contribution is 0.150. The Labute approximate surface area is 85.8 Å². The summed E-state index contributed by atoms with van der Waals surface area (Å²) in [7, 11) is 0. The quantitative estimate of drug-likeness (QED) is 0.343. The topological polar surface area (TPSA) is 75.8 Å². The third-order valence-corrected chi connectivity index (χ3v) is 1.92.